The van der Waals surface area contributed by atoms with E-state index in [2.05, 4.69) is 10.3 Å². The van der Waals surface area contributed by atoms with Crippen molar-refractivity contribution in [3.63, 3.8) is 0 Å². The molecule has 1 unspecified atom stereocenters. The van der Waals surface area contributed by atoms with Gasteiger partial charge in [-0.25, -0.2) is 13.4 Å². The lowest BCUT2D eigenvalue weighted by Gasteiger charge is -2.26. The number of halogens is 1. The minimum atomic E-state index is -3.77. The number of sulfonamides is 1. The molecule has 1 aliphatic heterocycles. The van der Waals surface area contributed by atoms with Crippen molar-refractivity contribution in [2.45, 2.75) is 10.9 Å². The zero-order chi connectivity index (χ0) is 22.7. The molecule has 0 bridgehead atoms. The van der Waals surface area contributed by atoms with Crippen molar-refractivity contribution < 1.29 is 17.9 Å². The van der Waals surface area contributed by atoms with Crippen molar-refractivity contribution in [3.05, 3.63) is 82.9 Å². The number of rotatable bonds is 6. The molecule has 8 nitrogen and oxygen atoms in total. The van der Waals surface area contributed by atoms with Gasteiger partial charge in [0.2, 0.25) is 10.0 Å². The number of nitrogens with one attached hydrogen (secondary N) is 1. The summed E-state index contributed by atoms with van der Waals surface area (Å²) in [6.45, 7) is 1.20. The molecule has 1 saturated heterocycles. The predicted molar refractivity (Wildman–Crippen MR) is 120 cm³/mol. The van der Waals surface area contributed by atoms with Gasteiger partial charge in [0, 0.05) is 32.5 Å². The molecular formula is C22H23ClN4O4S. The number of aryl methyl sites for hydroxylation is 1. The van der Waals surface area contributed by atoms with Gasteiger partial charge >= 0.3 is 0 Å². The zero-order valence-corrected chi connectivity index (χ0v) is 19.0. The van der Waals surface area contributed by atoms with Crippen LogP contribution in [0.2, 0.25) is 5.02 Å². The Kier molecular flexibility index (Phi) is 6.61. The van der Waals surface area contributed by atoms with Gasteiger partial charge in [-0.05, 0) is 23.8 Å². The fourth-order valence-electron chi connectivity index (χ4n) is 3.58. The zero-order valence-electron chi connectivity index (χ0n) is 17.4. The van der Waals surface area contributed by atoms with Crippen LogP contribution in [0.3, 0.4) is 0 Å². The molecule has 1 amide bonds. The van der Waals surface area contributed by atoms with Gasteiger partial charge in [-0.15, -0.1) is 0 Å². The fraction of sp³-hybridized carbons (Fsp3) is 0.273. The second-order valence-corrected chi connectivity index (χ2v) is 9.72. The molecule has 1 fully saturated rings. The number of imidazole rings is 1. The maximum absolute atomic E-state index is 13.3. The monoisotopic (exact) mass is 474 g/mol. The van der Waals surface area contributed by atoms with Gasteiger partial charge in [-0.3, -0.25) is 4.79 Å². The molecule has 168 valence electrons. The van der Waals surface area contributed by atoms with E-state index >= 15 is 0 Å². The van der Waals surface area contributed by atoms with Gasteiger partial charge in [0.15, 0.2) is 0 Å². The summed E-state index contributed by atoms with van der Waals surface area (Å²) in [4.78, 5) is 17.6. The number of morpholine rings is 1. The summed E-state index contributed by atoms with van der Waals surface area (Å²) in [6.07, 6.45) is 3.44. The van der Waals surface area contributed by atoms with E-state index in [1.807, 2.05) is 41.9 Å². The lowest BCUT2D eigenvalue weighted by Crippen LogP contribution is -2.40. The van der Waals surface area contributed by atoms with Crippen LogP contribution in [0.15, 0.2) is 65.8 Å². The third-order valence-electron chi connectivity index (χ3n) is 5.32. The first-order valence-corrected chi connectivity index (χ1v) is 11.9. The molecule has 2 aromatic carbocycles. The van der Waals surface area contributed by atoms with Crippen LogP contribution in [0.1, 0.15) is 27.8 Å². The van der Waals surface area contributed by atoms with E-state index in [9.17, 15) is 13.2 Å². The number of benzene rings is 2. The first kappa shape index (κ1) is 22.5. The Morgan fingerprint density at radius 2 is 1.88 bits per heavy atom. The van der Waals surface area contributed by atoms with Crippen LogP contribution in [-0.4, -0.2) is 54.5 Å². The summed E-state index contributed by atoms with van der Waals surface area (Å²) >= 11 is 6.30. The molecule has 1 aromatic heterocycles. The Morgan fingerprint density at radius 1 is 1.16 bits per heavy atom. The molecule has 1 aliphatic rings. The summed E-state index contributed by atoms with van der Waals surface area (Å²) < 4.78 is 34.5. The average molecular weight is 475 g/mol. The van der Waals surface area contributed by atoms with Crippen molar-refractivity contribution in [2.24, 2.45) is 7.05 Å². The number of nitrogens with zero attached hydrogens (tertiary/aromatic N) is 3. The minimum Gasteiger partial charge on any atom is -0.379 e. The predicted octanol–water partition coefficient (Wildman–Crippen LogP) is 2.61. The fourth-order valence-corrected chi connectivity index (χ4v) is 5.22. The minimum absolute atomic E-state index is 0.0159. The third-order valence-corrected chi connectivity index (χ3v) is 7.54. The summed E-state index contributed by atoms with van der Waals surface area (Å²) in [6, 6.07) is 13.0. The molecule has 1 N–H and O–H groups in total. The highest BCUT2D eigenvalue weighted by molar-refractivity contribution is 7.89. The Balaban J connectivity index is 1.66. The molecule has 0 saturated carbocycles. The van der Waals surface area contributed by atoms with E-state index in [1.54, 1.807) is 12.4 Å². The Hall–Kier alpha value is -2.72. The van der Waals surface area contributed by atoms with E-state index in [4.69, 9.17) is 16.3 Å². The van der Waals surface area contributed by atoms with Crippen LogP contribution in [0.25, 0.3) is 0 Å². The molecule has 32 heavy (non-hydrogen) atoms. The number of ether oxygens (including phenoxy) is 1. The maximum Gasteiger partial charge on any atom is 0.253 e. The number of carbonyl (C=O) groups is 1. The lowest BCUT2D eigenvalue weighted by molar-refractivity contribution is 0.0730. The Bertz CT molecular complexity index is 1210. The largest absolute Gasteiger partial charge is 0.379 e. The summed E-state index contributed by atoms with van der Waals surface area (Å²) in [5.41, 5.74) is 0.916. The molecule has 2 heterocycles. The van der Waals surface area contributed by atoms with Crippen molar-refractivity contribution in [1.29, 1.82) is 0 Å². The van der Waals surface area contributed by atoms with Crippen LogP contribution in [0.4, 0.5) is 0 Å². The smallest absolute Gasteiger partial charge is 0.253 e. The Morgan fingerprint density at radius 3 is 2.53 bits per heavy atom. The van der Waals surface area contributed by atoms with Gasteiger partial charge in [-0.1, -0.05) is 41.9 Å². The van der Waals surface area contributed by atoms with Crippen molar-refractivity contribution in [1.82, 2.24) is 19.2 Å². The second kappa shape index (κ2) is 9.41. The van der Waals surface area contributed by atoms with Gasteiger partial charge in [-0.2, -0.15) is 4.31 Å². The standard InChI is InChI=1S/C22H23ClN4O4S/c1-26-10-9-24-21(26)20(16-5-3-2-4-6-16)25-22(28)18-15-17(7-8-19(18)23)32(29,30)27-11-13-31-14-12-27/h2-10,15,20H,11-14H2,1H3,(H,25,28). The molecule has 0 radical (unpaired) electrons. The average Bonchev–Trinajstić information content (AvgIpc) is 3.24. The maximum atomic E-state index is 13.3. The van der Waals surface area contributed by atoms with E-state index in [0.29, 0.717) is 19.0 Å². The van der Waals surface area contributed by atoms with E-state index in [1.165, 1.54) is 22.5 Å². The normalized spacial score (nSPS) is 15.9. The van der Waals surface area contributed by atoms with Crippen molar-refractivity contribution >= 4 is 27.5 Å². The quantitative estimate of drug-likeness (QED) is 0.592. The number of carbonyl (C=O) groups excluding carboxylic acids is 1. The molecule has 3 aromatic rings. The van der Waals surface area contributed by atoms with E-state index < -0.39 is 22.0 Å². The van der Waals surface area contributed by atoms with Crippen LogP contribution in [0, 0.1) is 0 Å². The van der Waals surface area contributed by atoms with Crippen LogP contribution in [-0.2, 0) is 21.8 Å². The highest BCUT2D eigenvalue weighted by Gasteiger charge is 2.28. The molecule has 10 heteroatoms. The highest BCUT2D eigenvalue weighted by atomic mass is 35.5. The molecule has 0 aliphatic carbocycles. The molecule has 4 rings (SSSR count). The van der Waals surface area contributed by atoms with Crippen molar-refractivity contribution in [3.8, 4) is 0 Å². The molecule has 0 spiro atoms. The lowest BCUT2D eigenvalue weighted by atomic mass is 10.1. The SMILES string of the molecule is Cn1ccnc1C(NC(=O)c1cc(S(=O)(=O)N2CCOCC2)ccc1Cl)c1ccccc1. The van der Waals surface area contributed by atoms with Crippen molar-refractivity contribution in [2.75, 3.05) is 26.3 Å². The van der Waals surface area contributed by atoms with Crippen LogP contribution in [0.5, 0.6) is 0 Å². The second-order valence-electron chi connectivity index (χ2n) is 7.37. The summed E-state index contributed by atoms with van der Waals surface area (Å²) in [7, 11) is -1.93. The first-order chi connectivity index (χ1) is 15.4. The topological polar surface area (TPSA) is 93.5 Å². The van der Waals surface area contributed by atoms with Gasteiger partial charge in [0.05, 0.1) is 28.7 Å². The summed E-state index contributed by atoms with van der Waals surface area (Å²) in [5, 5.41) is 3.12. The summed E-state index contributed by atoms with van der Waals surface area (Å²) in [5.74, 6) is 0.142. The first-order valence-electron chi connectivity index (χ1n) is 10.1. The van der Waals surface area contributed by atoms with Gasteiger partial charge in [0.25, 0.3) is 5.91 Å². The Labute approximate surface area is 191 Å². The van der Waals surface area contributed by atoms with Crippen LogP contribution < -0.4 is 5.32 Å². The number of hydrogen-bond donors (Lipinski definition) is 1. The third kappa shape index (κ3) is 4.56. The number of aromatic nitrogens is 2. The van der Waals surface area contributed by atoms with E-state index in [-0.39, 0.29) is 28.6 Å². The highest BCUT2D eigenvalue weighted by Crippen LogP contribution is 2.26. The number of hydrogen-bond acceptors (Lipinski definition) is 5. The molecular weight excluding hydrogens is 452 g/mol. The van der Waals surface area contributed by atoms with Gasteiger partial charge < -0.3 is 14.6 Å². The number of amides is 1. The van der Waals surface area contributed by atoms with Crippen LogP contribution >= 0.6 is 11.6 Å². The molecule has 1 atom stereocenters. The van der Waals surface area contributed by atoms with Gasteiger partial charge in [0.1, 0.15) is 11.9 Å². The van der Waals surface area contributed by atoms with E-state index in [0.717, 1.165) is 5.56 Å².